The third-order valence-corrected chi connectivity index (χ3v) is 1.07. The van der Waals surface area contributed by atoms with Crippen LogP contribution in [0.3, 0.4) is 0 Å². The molecule has 0 spiro atoms. The van der Waals surface area contributed by atoms with Gasteiger partial charge in [0.1, 0.15) is 0 Å². The summed E-state index contributed by atoms with van der Waals surface area (Å²) in [5.41, 5.74) is 1.81. The standard InChI is InChI=1S/C6H10F3NO4/c7-6(8,9)3-14-10-2-4(11)1-5(12)13/h4,10-11H,1-3H2,(H,12,13). The van der Waals surface area contributed by atoms with Gasteiger partial charge >= 0.3 is 12.1 Å². The first kappa shape index (κ1) is 13.1. The van der Waals surface area contributed by atoms with Crippen LogP contribution in [-0.2, 0) is 9.63 Å². The first-order chi connectivity index (χ1) is 6.31. The van der Waals surface area contributed by atoms with Crippen molar-refractivity contribution in [2.45, 2.75) is 18.7 Å². The Morgan fingerprint density at radius 3 is 2.50 bits per heavy atom. The minimum atomic E-state index is -4.45. The van der Waals surface area contributed by atoms with Gasteiger partial charge in [0.25, 0.3) is 0 Å². The second-order valence-corrected chi connectivity index (χ2v) is 2.50. The molecule has 0 aromatic carbocycles. The van der Waals surface area contributed by atoms with Crippen LogP contribution in [-0.4, -0.2) is 41.6 Å². The largest absolute Gasteiger partial charge is 0.481 e. The summed E-state index contributed by atoms with van der Waals surface area (Å²) in [6, 6.07) is 0. The Balaban J connectivity index is 3.41. The van der Waals surface area contributed by atoms with Crippen molar-refractivity contribution in [2.24, 2.45) is 0 Å². The molecule has 0 aliphatic heterocycles. The van der Waals surface area contributed by atoms with Crippen LogP contribution in [0.25, 0.3) is 0 Å². The Morgan fingerprint density at radius 1 is 1.50 bits per heavy atom. The molecule has 0 radical (unpaired) electrons. The summed E-state index contributed by atoms with van der Waals surface area (Å²) in [5.74, 6) is -1.24. The summed E-state index contributed by atoms with van der Waals surface area (Å²) in [6.45, 7) is -1.87. The van der Waals surface area contributed by atoms with Gasteiger partial charge in [-0.15, -0.1) is 0 Å². The van der Waals surface area contributed by atoms with E-state index in [9.17, 15) is 18.0 Å². The van der Waals surface area contributed by atoms with Crippen molar-refractivity contribution in [1.29, 1.82) is 0 Å². The van der Waals surface area contributed by atoms with Gasteiger partial charge in [-0.1, -0.05) is 0 Å². The molecule has 0 aliphatic rings. The molecular formula is C6H10F3NO4. The van der Waals surface area contributed by atoms with Gasteiger partial charge in [-0.25, -0.2) is 0 Å². The normalized spacial score (nSPS) is 14.0. The lowest BCUT2D eigenvalue weighted by molar-refractivity contribution is -0.191. The fourth-order valence-electron chi connectivity index (χ4n) is 0.562. The summed E-state index contributed by atoms with van der Waals surface area (Å²) in [7, 11) is 0. The second kappa shape index (κ2) is 5.78. The van der Waals surface area contributed by atoms with Gasteiger partial charge in [0.05, 0.1) is 12.5 Å². The van der Waals surface area contributed by atoms with Crippen LogP contribution in [0, 0.1) is 0 Å². The van der Waals surface area contributed by atoms with Crippen LogP contribution in [0.1, 0.15) is 6.42 Å². The van der Waals surface area contributed by atoms with E-state index in [0.717, 1.165) is 0 Å². The van der Waals surface area contributed by atoms with E-state index in [1.807, 2.05) is 5.48 Å². The number of aliphatic hydroxyl groups excluding tert-OH is 1. The number of hydrogen-bond acceptors (Lipinski definition) is 4. The number of nitrogens with one attached hydrogen (secondary N) is 1. The highest BCUT2D eigenvalue weighted by Crippen LogP contribution is 2.13. The van der Waals surface area contributed by atoms with E-state index in [1.165, 1.54) is 0 Å². The van der Waals surface area contributed by atoms with Crippen LogP contribution < -0.4 is 5.48 Å². The molecule has 84 valence electrons. The molecule has 14 heavy (non-hydrogen) atoms. The molecule has 0 amide bonds. The monoisotopic (exact) mass is 217 g/mol. The van der Waals surface area contributed by atoms with Crippen molar-refractivity contribution in [3.8, 4) is 0 Å². The SMILES string of the molecule is O=C(O)CC(O)CNOCC(F)(F)F. The van der Waals surface area contributed by atoms with E-state index in [4.69, 9.17) is 10.2 Å². The highest BCUT2D eigenvalue weighted by molar-refractivity contribution is 5.67. The Morgan fingerprint density at radius 2 is 2.07 bits per heavy atom. The number of hydrogen-bond donors (Lipinski definition) is 3. The predicted octanol–water partition coefficient (Wildman–Crippen LogP) is -0.0945. The molecule has 8 heteroatoms. The first-order valence-electron chi connectivity index (χ1n) is 3.62. The fraction of sp³-hybridized carbons (Fsp3) is 0.833. The molecule has 0 fully saturated rings. The van der Waals surface area contributed by atoms with Crippen molar-refractivity contribution < 1.29 is 33.0 Å². The lowest BCUT2D eigenvalue weighted by Gasteiger charge is -2.10. The van der Waals surface area contributed by atoms with Crippen LogP contribution in [0.5, 0.6) is 0 Å². The number of carbonyl (C=O) groups is 1. The van der Waals surface area contributed by atoms with Gasteiger partial charge in [0, 0.05) is 6.54 Å². The van der Waals surface area contributed by atoms with Crippen molar-refractivity contribution in [2.75, 3.05) is 13.2 Å². The van der Waals surface area contributed by atoms with Crippen molar-refractivity contribution in [3.63, 3.8) is 0 Å². The summed E-state index contributed by atoms with van der Waals surface area (Å²) < 4.78 is 34.4. The molecule has 0 saturated carbocycles. The molecule has 3 N–H and O–H groups in total. The zero-order chi connectivity index (χ0) is 11.2. The molecule has 0 bridgehead atoms. The van der Waals surface area contributed by atoms with Gasteiger partial charge in [0.2, 0.25) is 0 Å². The van der Waals surface area contributed by atoms with E-state index in [2.05, 4.69) is 4.84 Å². The molecule has 0 rings (SSSR count). The highest BCUT2D eigenvalue weighted by atomic mass is 19.4. The van der Waals surface area contributed by atoms with Crippen LogP contribution in [0.4, 0.5) is 13.2 Å². The zero-order valence-electron chi connectivity index (χ0n) is 7.04. The smallest absolute Gasteiger partial charge is 0.413 e. The van der Waals surface area contributed by atoms with Gasteiger partial charge in [0.15, 0.2) is 6.61 Å². The first-order valence-corrected chi connectivity index (χ1v) is 3.62. The number of carboxylic acid groups (broad SMARTS) is 1. The number of aliphatic hydroxyl groups is 1. The number of rotatable bonds is 6. The molecule has 0 aromatic rings. The fourth-order valence-corrected chi connectivity index (χ4v) is 0.562. The van der Waals surface area contributed by atoms with Gasteiger partial charge < -0.3 is 10.2 Å². The average molecular weight is 217 g/mol. The van der Waals surface area contributed by atoms with Gasteiger partial charge in [-0.3, -0.25) is 9.63 Å². The van der Waals surface area contributed by atoms with Crippen molar-refractivity contribution in [1.82, 2.24) is 5.48 Å². The van der Waals surface area contributed by atoms with E-state index < -0.39 is 31.3 Å². The third-order valence-electron chi connectivity index (χ3n) is 1.07. The summed E-state index contributed by atoms with van der Waals surface area (Å²) in [6.07, 6.45) is -6.28. The molecule has 0 saturated heterocycles. The minimum Gasteiger partial charge on any atom is -0.481 e. The van der Waals surface area contributed by atoms with Gasteiger partial charge in [-0.2, -0.15) is 18.7 Å². The van der Waals surface area contributed by atoms with E-state index in [1.54, 1.807) is 0 Å². The molecule has 1 atom stereocenters. The minimum absolute atomic E-state index is 0.373. The number of hydroxylamine groups is 1. The maximum absolute atomic E-state index is 11.5. The van der Waals surface area contributed by atoms with Crippen LogP contribution >= 0.6 is 0 Å². The van der Waals surface area contributed by atoms with E-state index >= 15 is 0 Å². The Bertz CT molecular complexity index is 184. The molecular weight excluding hydrogens is 207 g/mol. The topological polar surface area (TPSA) is 78.8 Å². The van der Waals surface area contributed by atoms with Crippen LogP contribution in [0.15, 0.2) is 0 Å². The van der Waals surface area contributed by atoms with Crippen molar-refractivity contribution >= 4 is 5.97 Å². The van der Waals surface area contributed by atoms with Crippen LogP contribution in [0.2, 0.25) is 0 Å². The molecule has 5 nitrogen and oxygen atoms in total. The van der Waals surface area contributed by atoms with Crippen molar-refractivity contribution in [3.05, 3.63) is 0 Å². The average Bonchev–Trinajstić information content (AvgIpc) is 1.95. The maximum Gasteiger partial charge on any atom is 0.413 e. The summed E-state index contributed by atoms with van der Waals surface area (Å²) in [5, 5.41) is 17.0. The maximum atomic E-state index is 11.5. The van der Waals surface area contributed by atoms with Gasteiger partial charge in [-0.05, 0) is 0 Å². The summed E-state index contributed by atoms with van der Waals surface area (Å²) in [4.78, 5) is 13.9. The third kappa shape index (κ3) is 9.23. The Labute approximate surface area is 77.4 Å². The predicted molar refractivity (Wildman–Crippen MR) is 38.3 cm³/mol. The summed E-state index contributed by atoms with van der Waals surface area (Å²) >= 11 is 0. The van der Waals surface area contributed by atoms with E-state index in [0.29, 0.717) is 0 Å². The van der Waals surface area contributed by atoms with E-state index in [-0.39, 0.29) is 6.54 Å². The molecule has 0 aromatic heterocycles. The number of aliphatic carboxylic acids is 1. The molecule has 0 heterocycles. The molecule has 0 aliphatic carbocycles. The number of carboxylic acids is 1. The second-order valence-electron chi connectivity index (χ2n) is 2.50. The molecule has 1 unspecified atom stereocenters. The Kier molecular flexibility index (Phi) is 5.43. The number of alkyl halides is 3. The Hall–Kier alpha value is -0.860. The lowest BCUT2D eigenvalue weighted by Crippen LogP contribution is -2.32. The highest BCUT2D eigenvalue weighted by Gasteiger charge is 2.27. The zero-order valence-corrected chi connectivity index (χ0v) is 7.04. The lowest BCUT2D eigenvalue weighted by atomic mass is 10.2. The quantitative estimate of drug-likeness (QED) is 0.428. The number of halogens is 3.